The fourth-order valence-electron chi connectivity index (χ4n) is 3.59. The van der Waals surface area contributed by atoms with Crippen molar-refractivity contribution in [1.82, 2.24) is 24.1 Å². The molecule has 1 fully saturated rings. The van der Waals surface area contributed by atoms with E-state index >= 15 is 0 Å². The molecule has 1 aliphatic rings. The number of para-hydroxylation sites is 1. The predicted molar refractivity (Wildman–Crippen MR) is 126 cm³/mol. The summed E-state index contributed by atoms with van der Waals surface area (Å²) in [6.07, 6.45) is 3.94. The number of fused-ring (bicyclic) bond motifs is 2. The number of hydrogen-bond donors (Lipinski definition) is 0. The third-order valence-corrected chi connectivity index (χ3v) is 7.68. The second kappa shape index (κ2) is 7.47. The summed E-state index contributed by atoms with van der Waals surface area (Å²) in [5.41, 5.74) is 2.60. The molecule has 3 aromatic heterocycles. The number of thiazole rings is 1. The van der Waals surface area contributed by atoms with Crippen LogP contribution in [-0.2, 0) is 5.75 Å². The highest BCUT2D eigenvalue weighted by atomic mass is 35.5. The quantitative estimate of drug-likeness (QED) is 0.254. The maximum absolute atomic E-state index is 13.4. The van der Waals surface area contributed by atoms with Gasteiger partial charge in [-0.2, -0.15) is 0 Å². The van der Waals surface area contributed by atoms with Crippen LogP contribution in [0.2, 0.25) is 5.02 Å². The third kappa shape index (κ3) is 3.44. The number of benzene rings is 2. The first kappa shape index (κ1) is 19.0. The van der Waals surface area contributed by atoms with Crippen LogP contribution in [-0.4, -0.2) is 24.1 Å². The number of hydrogen-bond acceptors (Lipinski definition) is 6. The molecular formula is C22H16ClN5OS2. The molecule has 1 saturated carbocycles. The average Bonchev–Trinajstić information content (AvgIpc) is 3.39. The molecule has 6 nitrogen and oxygen atoms in total. The molecule has 0 saturated heterocycles. The lowest BCUT2D eigenvalue weighted by Crippen LogP contribution is -2.22. The van der Waals surface area contributed by atoms with Crippen LogP contribution < -0.4 is 5.56 Å². The highest BCUT2D eigenvalue weighted by molar-refractivity contribution is 7.98. The fraction of sp³-hybridized carbons (Fsp3) is 0.182. The summed E-state index contributed by atoms with van der Waals surface area (Å²) in [4.78, 5) is 27.4. The molecule has 3 heterocycles. The van der Waals surface area contributed by atoms with Gasteiger partial charge in [-0.25, -0.2) is 15.0 Å². The fourth-order valence-corrected chi connectivity index (χ4v) is 5.68. The Morgan fingerprint density at radius 2 is 1.90 bits per heavy atom. The van der Waals surface area contributed by atoms with Crippen molar-refractivity contribution in [3.8, 4) is 5.69 Å². The van der Waals surface area contributed by atoms with Gasteiger partial charge in [0.15, 0.2) is 16.3 Å². The Balaban J connectivity index is 1.46. The van der Waals surface area contributed by atoms with Gasteiger partial charge in [0.05, 0.1) is 28.0 Å². The van der Waals surface area contributed by atoms with Gasteiger partial charge in [-0.05, 0) is 49.2 Å². The standard InChI is InChI=1S/C22H16ClN5OS2/c23-13-5-7-15(8-6-13)28-21(29)19-20(27(12-24-19)14-9-10-14)26-22(28)30-11-18-25-16-3-1-2-4-17(16)31-18/h1-8,12,14H,9-11H2. The molecule has 2 aromatic carbocycles. The first-order chi connectivity index (χ1) is 15.2. The van der Waals surface area contributed by atoms with Gasteiger partial charge in [0.1, 0.15) is 5.01 Å². The smallest absolute Gasteiger partial charge is 0.286 e. The Kier molecular flexibility index (Phi) is 4.59. The van der Waals surface area contributed by atoms with Crippen molar-refractivity contribution in [3.63, 3.8) is 0 Å². The van der Waals surface area contributed by atoms with E-state index in [0.717, 1.165) is 33.8 Å². The average molecular weight is 466 g/mol. The molecule has 0 spiro atoms. The van der Waals surface area contributed by atoms with Crippen molar-refractivity contribution in [1.29, 1.82) is 0 Å². The Morgan fingerprint density at radius 3 is 2.68 bits per heavy atom. The molecule has 0 amide bonds. The SMILES string of the molecule is O=c1c2ncn(C3CC3)c2nc(SCc2nc3ccccc3s2)n1-c1ccc(Cl)cc1. The Hall–Kier alpha value is -2.68. The van der Waals surface area contributed by atoms with Gasteiger partial charge < -0.3 is 4.57 Å². The molecular weight excluding hydrogens is 450 g/mol. The Bertz CT molecular complexity index is 1450. The minimum atomic E-state index is -0.168. The number of nitrogens with zero attached hydrogens (tertiary/aromatic N) is 5. The zero-order chi connectivity index (χ0) is 20.9. The summed E-state index contributed by atoms with van der Waals surface area (Å²) in [5.74, 6) is 0.627. The highest BCUT2D eigenvalue weighted by Crippen LogP contribution is 2.37. The van der Waals surface area contributed by atoms with Crippen LogP contribution in [0.25, 0.3) is 27.1 Å². The molecule has 0 N–H and O–H groups in total. The lowest BCUT2D eigenvalue weighted by Gasteiger charge is -2.12. The molecule has 0 radical (unpaired) electrons. The number of aromatic nitrogens is 5. The molecule has 6 rings (SSSR count). The van der Waals surface area contributed by atoms with E-state index in [-0.39, 0.29) is 5.56 Å². The van der Waals surface area contributed by atoms with E-state index in [1.54, 1.807) is 34.4 Å². The summed E-state index contributed by atoms with van der Waals surface area (Å²) in [7, 11) is 0. The number of rotatable bonds is 5. The molecule has 0 unspecified atom stereocenters. The van der Waals surface area contributed by atoms with E-state index in [2.05, 4.69) is 11.1 Å². The third-order valence-electron chi connectivity index (χ3n) is 5.25. The second-order valence-electron chi connectivity index (χ2n) is 7.43. The van der Waals surface area contributed by atoms with Crippen LogP contribution in [0.5, 0.6) is 0 Å². The molecule has 1 aliphatic carbocycles. The minimum absolute atomic E-state index is 0.168. The first-order valence-corrected chi connectivity index (χ1v) is 12.1. The van der Waals surface area contributed by atoms with E-state index < -0.39 is 0 Å². The van der Waals surface area contributed by atoms with E-state index in [9.17, 15) is 4.79 Å². The number of imidazole rings is 1. The minimum Gasteiger partial charge on any atom is -0.312 e. The van der Waals surface area contributed by atoms with Gasteiger partial charge in [0.2, 0.25) is 0 Å². The van der Waals surface area contributed by atoms with Crippen molar-refractivity contribution in [2.75, 3.05) is 0 Å². The zero-order valence-corrected chi connectivity index (χ0v) is 18.6. The van der Waals surface area contributed by atoms with Crippen LogP contribution in [0.15, 0.2) is 64.8 Å². The van der Waals surface area contributed by atoms with E-state index in [1.165, 1.54) is 11.8 Å². The summed E-state index contributed by atoms with van der Waals surface area (Å²) in [6, 6.07) is 15.7. The van der Waals surface area contributed by atoms with Crippen LogP contribution in [0.1, 0.15) is 23.9 Å². The maximum Gasteiger partial charge on any atom is 0.286 e. The summed E-state index contributed by atoms with van der Waals surface area (Å²) in [5, 5.41) is 2.24. The van der Waals surface area contributed by atoms with Crippen LogP contribution in [0.3, 0.4) is 0 Å². The van der Waals surface area contributed by atoms with Crippen molar-refractivity contribution in [2.45, 2.75) is 29.8 Å². The monoisotopic (exact) mass is 465 g/mol. The molecule has 0 aliphatic heterocycles. The molecule has 0 bridgehead atoms. The maximum atomic E-state index is 13.4. The number of thioether (sulfide) groups is 1. The van der Waals surface area contributed by atoms with E-state index in [0.29, 0.717) is 33.1 Å². The van der Waals surface area contributed by atoms with Crippen molar-refractivity contribution in [2.24, 2.45) is 0 Å². The van der Waals surface area contributed by atoms with Gasteiger partial charge in [-0.15, -0.1) is 11.3 Å². The highest BCUT2D eigenvalue weighted by Gasteiger charge is 2.27. The largest absolute Gasteiger partial charge is 0.312 e. The molecule has 0 atom stereocenters. The number of halogens is 1. The zero-order valence-electron chi connectivity index (χ0n) is 16.2. The summed E-state index contributed by atoms with van der Waals surface area (Å²) >= 11 is 9.25. The lowest BCUT2D eigenvalue weighted by atomic mass is 10.3. The van der Waals surface area contributed by atoms with Gasteiger partial charge in [-0.1, -0.05) is 35.5 Å². The predicted octanol–water partition coefficient (Wildman–Crippen LogP) is 5.47. The molecule has 154 valence electrons. The second-order valence-corrected chi connectivity index (χ2v) is 9.92. The topological polar surface area (TPSA) is 65.6 Å². The van der Waals surface area contributed by atoms with Crippen molar-refractivity contribution >= 4 is 56.1 Å². The van der Waals surface area contributed by atoms with Gasteiger partial charge in [-0.3, -0.25) is 9.36 Å². The van der Waals surface area contributed by atoms with Crippen molar-refractivity contribution < 1.29 is 0 Å². The lowest BCUT2D eigenvalue weighted by molar-refractivity contribution is 0.739. The van der Waals surface area contributed by atoms with Gasteiger partial charge >= 0.3 is 0 Å². The van der Waals surface area contributed by atoms with Crippen LogP contribution >= 0.6 is 34.7 Å². The molecule has 9 heteroatoms. The molecule has 5 aromatic rings. The summed E-state index contributed by atoms with van der Waals surface area (Å²) < 4.78 is 4.81. The summed E-state index contributed by atoms with van der Waals surface area (Å²) in [6.45, 7) is 0. The normalized spacial score (nSPS) is 14.0. The van der Waals surface area contributed by atoms with Crippen molar-refractivity contribution in [3.05, 3.63) is 75.2 Å². The van der Waals surface area contributed by atoms with Crippen LogP contribution in [0, 0.1) is 0 Å². The molecule has 31 heavy (non-hydrogen) atoms. The van der Waals surface area contributed by atoms with Crippen LogP contribution in [0.4, 0.5) is 0 Å². The Labute approximate surface area is 190 Å². The van der Waals surface area contributed by atoms with E-state index in [1.807, 2.05) is 34.9 Å². The Morgan fingerprint density at radius 1 is 1.10 bits per heavy atom. The first-order valence-electron chi connectivity index (χ1n) is 9.90. The van der Waals surface area contributed by atoms with Gasteiger partial charge in [0.25, 0.3) is 5.56 Å². The van der Waals surface area contributed by atoms with Gasteiger partial charge in [0, 0.05) is 11.1 Å². The van der Waals surface area contributed by atoms with E-state index in [4.69, 9.17) is 21.6 Å².